The summed E-state index contributed by atoms with van der Waals surface area (Å²) in [5.74, 6) is 0. The Balaban J connectivity index is 3.08. The Morgan fingerprint density at radius 2 is 2.36 bits per heavy atom. The van der Waals surface area contributed by atoms with Crippen molar-refractivity contribution in [2.24, 2.45) is 5.73 Å². The predicted molar refractivity (Wildman–Crippen MR) is 43.3 cm³/mol. The zero-order valence-electron chi connectivity index (χ0n) is 7.09. The quantitative estimate of drug-likeness (QED) is 0.574. The molecule has 0 saturated heterocycles. The van der Waals surface area contributed by atoms with E-state index in [-0.39, 0.29) is 0 Å². The van der Waals surface area contributed by atoms with Gasteiger partial charge in [0, 0.05) is 12.6 Å². The molecule has 0 saturated carbocycles. The molecular formula is C7H16N2O2. The maximum absolute atomic E-state index is 10.1. The van der Waals surface area contributed by atoms with Crippen LogP contribution in [0.5, 0.6) is 0 Å². The predicted octanol–water partition coefficient (Wildman–Crippen LogP) is 0.470. The van der Waals surface area contributed by atoms with Crippen LogP contribution in [0.3, 0.4) is 0 Å². The second-order valence-electron chi connectivity index (χ2n) is 2.43. The number of carbonyl (C=O) groups excluding carboxylic acids is 1. The van der Waals surface area contributed by atoms with E-state index in [1.807, 2.05) is 0 Å². The Hall–Kier alpha value is -0.770. The van der Waals surface area contributed by atoms with Gasteiger partial charge in [0.15, 0.2) is 0 Å². The Kier molecular flexibility index (Phi) is 5.56. The van der Waals surface area contributed by atoms with Crippen LogP contribution in [0.4, 0.5) is 4.79 Å². The van der Waals surface area contributed by atoms with Gasteiger partial charge in [-0.25, -0.2) is 4.79 Å². The lowest BCUT2D eigenvalue weighted by Gasteiger charge is -2.09. The average Bonchev–Trinajstić information content (AvgIpc) is 1.97. The molecule has 0 aliphatic rings. The van der Waals surface area contributed by atoms with Gasteiger partial charge in [-0.3, -0.25) is 0 Å². The topological polar surface area (TPSA) is 64.3 Å². The van der Waals surface area contributed by atoms with Gasteiger partial charge in [0.2, 0.25) is 0 Å². The highest BCUT2D eigenvalue weighted by Crippen LogP contribution is 1.85. The van der Waals surface area contributed by atoms with Gasteiger partial charge in [0.25, 0.3) is 0 Å². The maximum Gasteiger partial charge on any atom is 0.404 e. The number of rotatable bonds is 5. The SMILES string of the molecule is CCC(C)NCCOC(N)=O. The molecule has 66 valence electrons. The molecule has 0 fully saturated rings. The summed E-state index contributed by atoms with van der Waals surface area (Å²) in [5.41, 5.74) is 4.75. The van der Waals surface area contributed by atoms with E-state index in [4.69, 9.17) is 5.73 Å². The summed E-state index contributed by atoms with van der Waals surface area (Å²) in [4.78, 5) is 10.1. The fraction of sp³-hybridized carbons (Fsp3) is 0.857. The first kappa shape index (κ1) is 10.2. The van der Waals surface area contributed by atoms with Crippen molar-refractivity contribution in [1.29, 1.82) is 0 Å². The Bertz CT molecular complexity index is 117. The van der Waals surface area contributed by atoms with Crippen LogP contribution in [0, 0.1) is 0 Å². The maximum atomic E-state index is 10.1. The van der Waals surface area contributed by atoms with E-state index >= 15 is 0 Å². The van der Waals surface area contributed by atoms with Gasteiger partial charge in [-0.1, -0.05) is 6.92 Å². The van der Waals surface area contributed by atoms with E-state index in [0.717, 1.165) is 6.42 Å². The second-order valence-corrected chi connectivity index (χ2v) is 2.43. The summed E-state index contributed by atoms with van der Waals surface area (Å²) in [6, 6.07) is 0.464. The lowest BCUT2D eigenvalue weighted by atomic mass is 10.3. The molecule has 0 spiro atoms. The normalized spacial score (nSPS) is 12.5. The van der Waals surface area contributed by atoms with Gasteiger partial charge in [-0.2, -0.15) is 0 Å². The third-order valence-corrected chi connectivity index (χ3v) is 1.45. The Morgan fingerprint density at radius 1 is 1.73 bits per heavy atom. The first-order valence-electron chi connectivity index (χ1n) is 3.82. The number of ether oxygens (including phenoxy) is 1. The standard InChI is InChI=1S/C7H16N2O2/c1-3-6(2)9-4-5-11-7(8)10/h6,9H,3-5H2,1-2H3,(H2,8,10). The van der Waals surface area contributed by atoms with Crippen LogP contribution < -0.4 is 11.1 Å². The molecule has 1 atom stereocenters. The van der Waals surface area contributed by atoms with Crippen LogP contribution in [0.15, 0.2) is 0 Å². The van der Waals surface area contributed by atoms with Gasteiger partial charge in [0.1, 0.15) is 6.61 Å². The van der Waals surface area contributed by atoms with Crippen molar-refractivity contribution >= 4 is 6.09 Å². The van der Waals surface area contributed by atoms with E-state index in [0.29, 0.717) is 19.2 Å². The molecule has 0 aromatic rings. The summed E-state index contributed by atoms with van der Waals surface area (Å²) in [5, 5.41) is 3.15. The third kappa shape index (κ3) is 7.12. The van der Waals surface area contributed by atoms with Crippen molar-refractivity contribution in [3.63, 3.8) is 0 Å². The fourth-order valence-corrected chi connectivity index (χ4v) is 0.601. The molecule has 0 aromatic heterocycles. The van der Waals surface area contributed by atoms with Crippen LogP contribution in [-0.4, -0.2) is 25.3 Å². The molecule has 0 radical (unpaired) electrons. The summed E-state index contributed by atoms with van der Waals surface area (Å²) < 4.78 is 4.51. The van der Waals surface area contributed by atoms with E-state index in [9.17, 15) is 4.79 Å². The molecule has 11 heavy (non-hydrogen) atoms. The van der Waals surface area contributed by atoms with E-state index in [1.165, 1.54) is 0 Å². The zero-order valence-corrected chi connectivity index (χ0v) is 7.09. The van der Waals surface area contributed by atoms with Crippen LogP contribution in [-0.2, 0) is 4.74 Å². The zero-order chi connectivity index (χ0) is 8.69. The highest BCUT2D eigenvalue weighted by molar-refractivity contribution is 5.64. The minimum Gasteiger partial charge on any atom is -0.448 e. The van der Waals surface area contributed by atoms with Crippen LogP contribution in [0.2, 0.25) is 0 Å². The highest BCUT2D eigenvalue weighted by atomic mass is 16.5. The van der Waals surface area contributed by atoms with Crippen LogP contribution in [0.25, 0.3) is 0 Å². The molecule has 0 aliphatic carbocycles. The molecule has 4 nitrogen and oxygen atoms in total. The van der Waals surface area contributed by atoms with Crippen molar-refractivity contribution < 1.29 is 9.53 Å². The molecule has 0 bridgehead atoms. The van der Waals surface area contributed by atoms with Crippen LogP contribution in [0.1, 0.15) is 20.3 Å². The van der Waals surface area contributed by atoms with Gasteiger partial charge >= 0.3 is 6.09 Å². The van der Waals surface area contributed by atoms with Crippen molar-refractivity contribution in [2.45, 2.75) is 26.3 Å². The molecule has 3 N–H and O–H groups in total. The summed E-state index contributed by atoms with van der Waals surface area (Å²) in [6.45, 7) is 5.18. The number of carbonyl (C=O) groups is 1. The number of nitrogens with two attached hydrogens (primary N) is 1. The van der Waals surface area contributed by atoms with Gasteiger partial charge in [0.05, 0.1) is 0 Å². The summed E-state index contributed by atoms with van der Waals surface area (Å²) >= 11 is 0. The second kappa shape index (κ2) is 5.97. The smallest absolute Gasteiger partial charge is 0.404 e. The first-order valence-corrected chi connectivity index (χ1v) is 3.82. The van der Waals surface area contributed by atoms with E-state index < -0.39 is 6.09 Å². The van der Waals surface area contributed by atoms with Gasteiger partial charge in [-0.05, 0) is 13.3 Å². The minimum absolute atomic E-state index is 0.347. The number of amides is 1. The molecule has 4 heteroatoms. The third-order valence-electron chi connectivity index (χ3n) is 1.45. The number of nitrogens with one attached hydrogen (secondary N) is 1. The number of hydrogen-bond donors (Lipinski definition) is 2. The van der Waals surface area contributed by atoms with Crippen molar-refractivity contribution in [3.05, 3.63) is 0 Å². The monoisotopic (exact) mass is 160 g/mol. The average molecular weight is 160 g/mol. The molecule has 1 unspecified atom stereocenters. The molecule has 0 heterocycles. The highest BCUT2D eigenvalue weighted by Gasteiger charge is 1.96. The molecule has 0 rings (SSSR count). The number of hydrogen-bond acceptors (Lipinski definition) is 3. The minimum atomic E-state index is -0.712. The fourth-order valence-electron chi connectivity index (χ4n) is 0.601. The Morgan fingerprint density at radius 3 is 2.82 bits per heavy atom. The van der Waals surface area contributed by atoms with E-state index in [1.54, 1.807) is 0 Å². The molecule has 1 amide bonds. The van der Waals surface area contributed by atoms with Crippen molar-refractivity contribution in [2.75, 3.05) is 13.2 Å². The molecule has 0 aliphatic heterocycles. The lowest BCUT2D eigenvalue weighted by Crippen LogP contribution is -2.30. The van der Waals surface area contributed by atoms with E-state index in [2.05, 4.69) is 23.9 Å². The first-order chi connectivity index (χ1) is 5.16. The van der Waals surface area contributed by atoms with Gasteiger partial charge < -0.3 is 15.8 Å². The molecule has 0 aromatic carbocycles. The lowest BCUT2D eigenvalue weighted by molar-refractivity contribution is 0.156. The van der Waals surface area contributed by atoms with Gasteiger partial charge in [-0.15, -0.1) is 0 Å². The van der Waals surface area contributed by atoms with Crippen molar-refractivity contribution in [3.8, 4) is 0 Å². The summed E-state index contributed by atoms with van der Waals surface area (Å²) in [6.07, 6.45) is 0.354. The largest absolute Gasteiger partial charge is 0.448 e. The van der Waals surface area contributed by atoms with Crippen molar-refractivity contribution in [1.82, 2.24) is 5.32 Å². The summed E-state index contributed by atoms with van der Waals surface area (Å²) in [7, 11) is 0. The van der Waals surface area contributed by atoms with Crippen LogP contribution >= 0.6 is 0 Å². The number of primary amides is 1. The Labute approximate surface area is 67.1 Å². The molecular weight excluding hydrogens is 144 g/mol.